The Kier molecular flexibility index (Phi) is 6.10. The predicted molar refractivity (Wildman–Crippen MR) is 108 cm³/mol. The Balaban J connectivity index is 1.69. The average Bonchev–Trinajstić information content (AvgIpc) is 3.12. The lowest BCUT2D eigenvalue weighted by molar-refractivity contribution is -0.111. The highest BCUT2D eigenvalue weighted by atomic mass is 35.5. The fourth-order valence-electron chi connectivity index (χ4n) is 2.28. The molecule has 9 heteroatoms. The van der Waals surface area contributed by atoms with Crippen molar-refractivity contribution < 1.29 is 4.79 Å². The van der Waals surface area contributed by atoms with Gasteiger partial charge in [-0.25, -0.2) is 9.97 Å². The van der Waals surface area contributed by atoms with Gasteiger partial charge in [0.05, 0.1) is 24.3 Å². The Labute approximate surface area is 165 Å². The first-order valence-electron chi connectivity index (χ1n) is 8.11. The molecule has 0 radical (unpaired) electrons. The van der Waals surface area contributed by atoms with Crippen LogP contribution in [-0.4, -0.2) is 32.4 Å². The van der Waals surface area contributed by atoms with Crippen LogP contribution < -0.4 is 10.6 Å². The Morgan fingerprint density at radius 2 is 2.11 bits per heavy atom. The van der Waals surface area contributed by atoms with Crippen LogP contribution in [0.3, 0.4) is 0 Å². The molecule has 0 aromatic carbocycles. The highest BCUT2D eigenvalue weighted by molar-refractivity contribution is 7.19. The second-order valence-corrected chi connectivity index (χ2v) is 7.40. The third kappa shape index (κ3) is 5.08. The second kappa shape index (κ2) is 8.70. The maximum Gasteiger partial charge on any atom is 0.248 e. The van der Waals surface area contributed by atoms with E-state index in [0.717, 1.165) is 16.3 Å². The first-order chi connectivity index (χ1) is 13.0. The monoisotopic (exact) mass is 400 g/mol. The van der Waals surface area contributed by atoms with Gasteiger partial charge in [-0.15, -0.1) is 0 Å². The van der Waals surface area contributed by atoms with E-state index in [2.05, 4.69) is 44.1 Å². The van der Waals surface area contributed by atoms with E-state index in [4.69, 9.17) is 11.6 Å². The lowest BCUT2D eigenvalue weighted by atomic mass is 10.0. The van der Waals surface area contributed by atoms with Crippen molar-refractivity contribution in [2.24, 2.45) is 0 Å². The van der Waals surface area contributed by atoms with Crippen molar-refractivity contribution in [1.29, 1.82) is 0 Å². The van der Waals surface area contributed by atoms with Crippen molar-refractivity contribution in [1.82, 2.24) is 19.9 Å². The van der Waals surface area contributed by atoms with Crippen LogP contribution in [0.15, 0.2) is 49.7 Å². The molecule has 0 saturated carbocycles. The van der Waals surface area contributed by atoms with Gasteiger partial charge in [0, 0.05) is 24.5 Å². The highest BCUT2D eigenvalue weighted by Gasteiger charge is 2.10. The van der Waals surface area contributed by atoms with Gasteiger partial charge in [0.1, 0.15) is 4.34 Å². The van der Waals surface area contributed by atoms with Crippen molar-refractivity contribution in [3.63, 3.8) is 0 Å². The molecule has 7 nitrogen and oxygen atoms in total. The molecule has 27 heavy (non-hydrogen) atoms. The molecule has 3 rings (SSSR count). The molecular weight excluding hydrogens is 384 g/mol. The second-order valence-electron chi connectivity index (χ2n) is 5.74. The fourth-order valence-corrected chi connectivity index (χ4v) is 3.10. The normalized spacial score (nSPS) is 11.6. The molecule has 0 bridgehead atoms. The molecule has 0 aliphatic heterocycles. The van der Waals surface area contributed by atoms with Crippen molar-refractivity contribution in [3.05, 3.63) is 59.6 Å². The van der Waals surface area contributed by atoms with E-state index in [1.54, 1.807) is 18.6 Å². The van der Waals surface area contributed by atoms with E-state index in [1.807, 2.05) is 12.3 Å². The number of carbonyl (C=O) groups is 1. The maximum absolute atomic E-state index is 11.3. The number of nitrogens with zero attached hydrogens (tertiary/aromatic N) is 4. The number of amides is 1. The van der Waals surface area contributed by atoms with E-state index in [0.29, 0.717) is 22.4 Å². The molecule has 1 amide bonds. The molecular formula is C18H17ClN6OS. The minimum atomic E-state index is -0.330. The van der Waals surface area contributed by atoms with Crippen molar-refractivity contribution >= 4 is 39.8 Å². The lowest BCUT2D eigenvalue weighted by Gasteiger charge is -2.13. The summed E-state index contributed by atoms with van der Waals surface area (Å²) in [5.41, 5.74) is 2.59. The topological polar surface area (TPSA) is 92.7 Å². The summed E-state index contributed by atoms with van der Waals surface area (Å²) in [6.45, 7) is 6.20. The first kappa shape index (κ1) is 18.9. The summed E-state index contributed by atoms with van der Waals surface area (Å²) in [5.74, 6) is 0.246. The van der Waals surface area contributed by atoms with Gasteiger partial charge in [-0.3, -0.25) is 14.8 Å². The van der Waals surface area contributed by atoms with Gasteiger partial charge in [-0.05, 0) is 23.6 Å². The standard InChI is InChI=1S/C18H17ClN6OS/c1-3-17(26)25-16-10-21-14(8-22-16)13-4-12(6-20-7-13)11(2)5-23-18-24-9-15(19)27-18/h3-4,6-11H,1,5H2,2H3,(H,23,24)(H,22,25,26). The summed E-state index contributed by atoms with van der Waals surface area (Å²) in [6, 6.07) is 2.03. The zero-order valence-corrected chi connectivity index (χ0v) is 16.1. The molecule has 3 aromatic heterocycles. The van der Waals surface area contributed by atoms with Gasteiger partial charge in [0.15, 0.2) is 10.9 Å². The van der Waals surface area contributed by atoms with Gasteiger partial charge < -0.3 is 10.6 Å². The molecule has 2 N–H and O–H groups in total. The molecule has 3 aromatic rings. The van der Waals surface area contributed by atoms with E-state index in [9.17, 15) is 4.79 Å². The van der Waals surface area contributed by atoms with Crippen LogP contribution in [0.25, 0.3) is 11.3 Å². The van der Waals surface area contributed by atoms with Gasteiger partial charge in [-0.2, -0.15) is 0 Å². The van der Waals surface area contributed by atoms with Crippen LogP contribution in [0.1, 0.15) is 18.4 Å². The molecule has 3 heterocycles. The summed E-state index contributed by atoms with van der Waals surface area (Å²) < 4.78 is 0.653. The number of carbonyl (C=O) groups excluding carboxylic acids is 1. The third-order valence-electron chi connectivity index (χ3n) is 3.75. The van der Waals surface area contributed by atoms with E-state index in [1.165, 1.54) is 23.6 Å². The van der Waals surface area contributed by atoms with Crippen LogP contribution >= 0.6 is 22.9 Å². The molecule has 0 spiro atoms. The number of rotatable bonds is 7. The SMILES string of the molecule is C=CC(=O)Nc1cnc(-c2cncc(C(C)CNc3ncc(Cl)s3)c2)cn1. The number of anilines is 2. The summed E-state index contributed by atoms with van der Waals surface area (Å²) in [4.78, 5) is 28.3. The van der Waals surface area contributed by atoms with E-state index in [-0.39, 0.29) is 11.8 Å². The predicted octanol–water partition coefficient (Wildman–Crippen LogP) is 3.99. The molecule has 0 fully saturated rings. The van der Waals surface area contributed by atoms with Gasteiger partial charge in [-0.1, -0.05) is 36.4 Å². The van der Waals surface area contributed by atoms with E-state index < -0.39 is 0 Å². The molecule has 0 aliphatic rings. The Morgan fingerprint density at radius 3 is 2.78 bits per heavy atom. The molecule has 0 aliphatic carbocycles. The Hall–Kier alpha value is -2.84. The average molecular weight is 401 g/mol. The van der Waals surface area contributed by atoms with Crippen LogP contribution in [0, 0.1) is 0 Å². The fraction of sp³-hybridized carbons (Fsp3) is 0.167. The van der Waals surface area contributed by atoms with Crippen molar-refractivity contribution in [2.75, 3.05) is 17.2 Å². The third-order valence-corrected chi connectivity index (χ3v) is 4.82. The van der Waals surface area contributed by atoms with Crippen LogP contribution in [0.4, 0.5) is 10.9 Å². The summed E-state index contributed by atoms with van der Waals surface area (Å²) in [7, 11) is 0. The number of nitrogens with one attached hydrogen (secondary N) is 2. The quantitative estimate of drug-likeness (QED) is 0.582. The highest BCUT2D eigenvalue weighted by Crippen LogP contribution is 2.25. The van der Waals surface area contributed by atoms with Crippen molar-refractivity contribution in [3.8, 4) is 11.3 Å². The molecule has 0 saturated heterocycles. The minimum absolute atomic E-state index is 0.208. The molecule has 1 atom stereocenters. The van der Waals surface area contributed by atoms with Gasteiger partial charge in [0.25, 0.3) is 0 Å². The number of aromatic nitrogens is 4. The van der Waals surface area contributed by atoms with Crippen molar-refractivity contribution in [2.45, 2.75) is 12.8 Å². The zero-order chi connectivity index (χ0) is 19.2. The largest absolute Gasteiger partial charge is 0.361 e. The zero-order valence-electron chi connectivity index (χ0n) is 14.5. The lowest BCUT2D eigenvalue weighted by Crippen LogP contribution is -2.10. The number of thiazole rings is 1. The summed E-state index contributed by atoms with van der Waals surface area (Å²) in [6.07, 6.45) is 9.47. The Morgan fingerprint density at radius 1 is 1.26 bits per heavy atom. The molecule has 1 unspecified atom stereocenters. The Bertz CT molecular complexity index is 943. The smallest absolute Gasteiger partial charge is 0.248 e. The van der Waals surface area contributed by atoms with Gasteiger partial charge in [0.2, 0.25) is 5.91 Å². The number of hydrogen-bond donors (Lipinski definition) is 2. The maximum atomic E-state index is 11.3. The number of pyridine rings is 1. The minimum Gasteiger partial charge on any atom is -0.361 e. The van der Waals surface area contributed by atoms with Gasteiger partial charge >= 0.3 is 0 Å². The number of hydrogen-bond acceptors (Lipinski definition) is 7. The van der Waals surface area contributed by atoms with Crippen LogP contribution in [0.2, 0.25) is 4.34 Å². The molecule has 138 valence electrons. The van der Waals surface area contributed by atoms with E-state index >= 15 is 0 Å². The summed E-state index contributed by atoms with van der Waals surface area (Å²) in [5, 5.41) is 6.63. The van der Waals surface area contributed by atoms with Crippen LogP contribution in [-0.2, 0) is 4.79 Å². The number of halogens is 1. The van der Waals surface area contributed by atoms with Crippen LogP contribution in [0.5, 0.6) is 0 Å². The first-order valence-corrected chi connectivity index (χ1v) is 9.30. The summed E-state index contributed by atoms with van der Waals surface area (Å²) >= 11 is 7.30.